The molecule has 1 aromatic rings. The molecule has 9 heavy (non-hydrogen) atoms. The molecule has 0 bridgehead atoms. The highest BCUT2D eigenvalue weighted by Crippen LogP contribution is 2.11. The van der Waals surface area contributed by atoms with Gasteiger partial charge in [0.2, 0.25) is 0 Å². The van der Waals surface area contributed by atoms with E-state index in [-0.39, 0.29) is 6.15 Å². The summed E-state index contributed by atoms with van der Waals surface area (Å²) in [5, 5.41) is 0.840. The minimum absolute atomic E-state index is 0. The molecule has 50 valence electrons. The van der Waals surface area contributed by atoms with E-state index in [1.165, 1.54) is 0 Å². The quantitative estimate of drug-likeness (QED) is 0.596. The molecule has 0 spiro atoms. The van der Waals surface area contributed by atoms with Gasteiger partial charge in [0.15, 0.2) is 0 Å². The van der Waals surface area contributed by atoms with Gasteiger partial charge in [0.05, 0.1) is 0 Å². The Bertz CT molecular complexity index is 165. The molecular formula is C7H10ClN. The molecule has 0 heterocycles. The van der Waals surface area contributed by atoms with Crippen molar-refractivity contribution in [3.63, 3.8) is 0 Å². The molecule has 0 saturated heterocycles. The summed E-state index contributed by atoms with van der Waals surface area (Å²) in [5.41, 5.74) is 1.13. The Balaban J connectivity index is 0.000000640. The number of aryl methyl sites for hydroxylation is 1. The van der Waals surface area contributed by atoms with Gasteiger partial charge in [-0.05, 0) is 18.6 Å². The lowest BCUT2D eigenvalue weighted by Crippen LogP contribution is -1.68. The highest BCUT2D eigenvalue weighted by atomic mass is 35.5. The Labute approximate surface area is 60.2 Å². The third-order valence-electron chi connectivity index (χ3n) is 1.08. The topological polar surface area (TPSA) is 35.0 Å². The van der Waals surface area contributed by atoms with Crippen LogP contribution in [0.1, 0.15) is 5.56 Å². The highest BCUT2D eigenvalue weighted by molar-refractivity contribution is 6.31. The van der Waals surface area contributed by atoms with E-state index in [4.69, 9.17) is 11.6 Å². The SMILES string of the molecule is Cc1ccccc1Cl.N. The molecule has 1 nitrogen and oxygen atoms in total. The molecule has 0 aliphatic rings. The Morgan fingerprint density at radius 3 is 2.11 bits per heavy atom. The van der Waals surface area contributed by atoms with Crippen molar-refractivity contribution in [2.75, 3.05) is 0 Å². The molecule has 0 radical (unpaired) electrons. The number of halogens is 1. The summed E-state index contributed by atoms with van der Waals surface area (Å²) in [7, 11) is 0. The fourth-order valence-corrected chi connectivity index (χ4v) is 0.687. The first-order chi connectivity index (χ1) is 3.80. The number of hydrogen-bond acceptors (Lipinski definition) is 1. The Morgan fingerprint density at radius 1 is 1.22 bits per heavy atom. The lowest BCUT2D eigenvalue weighted by molar-refractivity contribution is 1.47. The van der Waals surface area contributed by atoms with Crippen molar-refractivity contribution in [1.29, 1.82) is 0 Å². The fraction of sp³-hybridized carbons (Fsp3) is 0.143. The summed E-state index contributed by atoms with van der Waals surface area (Å²) >= 11 is 5.71. The van der Waals surface area contributed by atoms with Crippen LogP contribution in [-0.2, 0) is 0 Å². The van der Waals surface area contributed by atoms with Crippen LogP contribution >= 0.6 is 11.6 Å². The third-order valence-corrected chi connectivity index (χ3v) is 1.50. The van der Waals surface area contributed by atoms with Crippen LogP contribution < -0.4 is 6.15 Å². The van der Waals surface area contributed by atoms with E-state index in [2.05, 4.69) is 0 Å². The molecular weight excluding hydrogens is 134 g/mol. The van der Waals surface area contributed by atoms with Crippen molar-refractivity contribution < 1.29 is 0 Å². The van der Waals surface area contributed by atoms with Crippen LogP contribution in [0.3, 0.4) is 0 Å². The van der Waals surface area contributed by atoms with Crippen molar-refractivity contribution in [3.05, 3.63) is 34.9 Å². The van der Waals surface area contributed by atoms with Gasteiger partial charge < -0.3 is 6.15 Å². The zero-order chi connectivity index (χ0) is 5.98. The fourth-order valence-electron chi connectivity index (χ4n) is 0.551. The molecule has 0 atom stereocenters. The van der Waals surface area contributed by atoms with Crippen LogP contribution in [0.2, 0.25) is 5.02 Å². The summed E-state index contributed by atoms with van der Waals surface area (Å²) in [4.78, 5) is 0. The lowest BCUT2D eigenvalue weighted by atomic mass is 10.2. The predicted molar refractivity (Wildman–Crippen MR) is 41.2 cm³/mol. The second-order valence-corrected chi connectivity index (χ2v) is 2.16. The van der Waals surface area contributed by atoms with Crippen molar-refractivity contribution >= 4 is 11.6 Å². The minimum Gasteiger partial charge on any atom is -0.344 e. The first kappa shape index (κ1) is 8.47. The van der Waals surface area contributed by atoms with E-state index in [0.29, 0.717) is 0 Å². The van der Waals surface area contributed by atoms with Gasteiger partial charge in [0.25, 0.3) is 0 Å². The van der Waals surface area contributed by atoms with Gasteiger partial charge in [-0.15, -0.1) is 0 Å². The molecule has 0 aromatic heterocycles. The van der Waals surface area contributed by atoms with Crippen LogP contribution in [0.4, 0.5) is 0 Å². The Kier molecular flexibility index (Phi) is 3.28. The summed E-state index contributed by atoms with van der Waals surface area (Å²) in [6.45, 7) is 1.99. The Hall–Kier alpha value is -0.530. The Morgan fingerprint density at radius 2 is 1.78 bits per heavy atom. The van der Waals surface area contributed by atoms with Crippen molar-refractivity contribution in [3.8, 4) is 0 Å². The van der Waals surface area contributed by atoms with Crippen LogP contribution in [-0.4, -0.2) is 0 Å². The van der Waals surface area contributed by atoms with Crippen LogP contribution in [0.15, 0.2) is 24.3 Å². The maximum absolute atomic E-state index is 5.71. The predicted octanol–water partition coefficient (Wildman–Crippen LogP) is 2.81. The number of hydrogen-bond donors (Lipinski definition) is 1. The normalized spacial score (nSPS) is 8.22. The van der Waals surface area contributed by atoms with E-state index < -0.39 is 0 Å². The summed E-state index contributed by atoms with van der Waals surface area (Å²) < 4.78 is 0. The van der Waals surface area contributed by atoms with Gasteiger partial charge in [0.1, 0.15) is 0 Å². The largest absolute Gasteiger partial charge is 0.344 e. The van der Waals surface area contributed by atoms with Crippen molar-refractivity contribution in [1.82, 2.24) is 6.15 Å². The molecule has 1 rings (SSSR count). The van der Waals surface area contributed by atoms with E-state index in [1.807, 2.05) is 31.2 Å². The molecule has 0 unspecified atom stereocenters. The van der Waals surface area contributed by atoms with Gasteiger partial charge in [-0.1, -0.05) is 29.8 Å². The molecule has 0 amide bonds. The molecule has 1 aromatic carbocycles. The molecule has 0 aliphatic carbocycles. The molecule has 0 fully saturated rings. The van der Waals surface area contributed by atoms with Crippen molar-refractivity contribution in [2.45, 2.75) is 6.92 Å². The summed E-state index contributed by atoms with van der Waals surface area (Å²) in [6.07, 6.45) is 0. The van der Waals surface area contributed by atoms with Gasteiger partial charge in [-0.25, -0.2) is 0 Å². The summed E-state index contributed by atoms with van der Waals surface area (Å²) in [6, 6.07) is 7.77. The molecule has 0 saturated carbocycles. The maximum Gasteiger partial charge on any atom is 0.0435 e. The van der Waals surface area contributed by atoms with E-state index in [1.54, 1.807) is 0 Å². The van der Waals surface area contributed by atoms with Crippen molar-refractivity contribution in [2.24, 2.45) is 0 Å². The van der Waals surface area contributed by atoms with E-state index in [9.17, 15) is 0 Å². The standard InChI is InChI=1S/C7H7Cl.H3N/c1-6-4-2-3-5-7(6)8;/h2-5H,1H3;1H3. The second kappa shape index (κ2) is 3.49. The zero-order valence-electron chi connectivity index (χ0n) is 5.39. The van der Waals surface area contributed by atoms with Gasteiger partial charge in [-0.3, -0.25) is 0 Å². The number of benzene rings is 1. The van der Waals surface area contributed by atoms with Gasteiger partial charge in [-0.2, -0.15) is 0 Å². The zero-order valence-corrected chi connectivity index (χ0v) is 6.15. The third kappa shape index (κ3) is 2.04. The van der Waals surface area contributed by atoms with Crippen LogP contribution in [0.25, 0.3) is 0 Å². The van der Waals surface area contributed by atoms with Gasteiger partial charge >= 0.3 is 0 Å². The average molecular weight is 144 g/mol. The molecule has 2 heteroatoms. The van der Waals surface area contributed by atoms with E-state index in [0.717, 1.165) is 10.6 Å². The van der Waals surface area contributed by atoms with Crippen LogP contribution in [0, 0.1) is 6.92 Å². The van der Waals surface area contributed by atoms with E-state index >= 15 is 0 Å². The number of rotatable bonds is 0. The highest BCUT2D eigenvalue weighted by Gasteiger charge is 1.86. The smallest absolute Gasteiger partial charge is 0.0435 e. The second-order valence-electron chi connectivity index (χ2n) is 1.75. The lowest BCUT2D eigenvalue weighted by Gasteiger charge is -1.90. The van der Waals surface area contributed by atoms with Crippen LogP contribution in [0.5, 0.6) is 0 Å². The molecule has 3 N–H and O–H groups in total. The first-order valence-electron chi connectivity index (χ1n) is 2.52. The average Bonchev–Trinajstić information content (AvgIpc) is 1.77. The maximum atomic E-state index is 5.71. The summed E-state index contributed by atoms with van der Waals surface area (Å²) in [5.74, 6) is 0. The monoisotopic (exact) mass is 143 g/mol. The van der Waals surface area contributed by atoms with Gasteiger partial charge in [0, 0.05) is 5.02 Å². The minimum atomic E-state index is 0. The first-order valence-corrected chi connectivity index (χ1v) is 2.89. The molecule has 0 aliphatic heterocycles.